The number of nitrogens with zero attached hydrogens (tertiary/aromatic N) is 1. The molecule has 0 aliphatic heterocycles. The molecular weight excluding hydrogens is 305 g/mol. The van der Waals surface area contributed by atoms with Crippen LogP contribution in [-0.4, -0.2) is 17.1 Å². The molecule has 0 spiro atoms. The molecule has 1 aromatic heterocycles. The van der Waals surface area contributed by atoms with Crippen LogP contribution in [-0.2, 0) is 0 Å². The topological polar surface area (TPSA) is 67.0 Å². The van der Waals surface area contributed by atoms with Crippen LogP contribution in [0.1, 0.15) is 0 Å². The number of methoxy groups -OCH3 is 1. The maximum Gasteiger partial charge on any atom is 0.267 e. The van der Waals surface area contributed by atoms with Gasteiger partial charge in [0.2, 0.25) is 0 Å². The van der Waals surface area contributed by atoms with Gasteiger partial charge in [-0.05, 0) is 28.1 Å². The smallest absolute Gasteiger partial charge is 0.267 e. The molecule has 5 nitrogen and oxygen atoms in total. The van der Waals surface area contributed by atoms with E-state index in [-0.39, 0.29) is 15.8 Å². The standard InChI is InChI=1S/C11H9BrFN3O2/c1-18-8-4-6(2-3-7(8)13)16-10-9(12)11(17)15-5-14-10/h2-5H,1H3,(H2,14,15,16,17). The zero-order valence-electron chi connectivity index (χ0n) is 9.33. The number of benzene rings is 1. The van der Waals surface area contributed by atoms with E-state index in [0.29, 0.717) is 11.5 Å². The normalized spacial score (nSPS) is 10.2. The summed E-state index contributed by atoms with van der Waals surface area (Å²) in [4.78, 5) is 17.7. The molecule has 0 radical (unpaired) electrons. The van der Waals surface area contributed by atoms with Gasteiger partial charge in [-0.2, -0.15) is 0 Å². The van der Waals surface area contributed by atoms with Crippen LogP contribution in [0.2, 0.25) is 0 Å². The van der Waals surface area contributed by atoms with E-state index in [4.69, 9.17) is 4.74 Å². The maximum atomic E-state index is 13.2. The second kappa shape index (κ2) is 5.18. The van der Waals surface area contributed by atoms with E-state index in [9.17, 15) is 9.18 Å². The van der Waals surface area contributed by atoms with Crippen molar-refractivity contribution in [2.45, 2.75) is 0 Å². The van der Waals surface area contributed by atoms with Gasteiger partial charge in [-0.3, -0.25) is 4.79 Å². The Bertz CT molecular complexity index is 630. The Morgan fingerprint density at radius 3 is 3.00 bits per heavy atom. The minimum atomic E-state index is -0.457. The molecule has 0 aliphatic carbocycles. The van der Waals surface area contributed by atoms with Crippen LogP contribution >= 0.6 is 15.9 Å². The summed E-state index contributed by atoms with van der Waals surface area (Å²) in [7, 11) is 1.38. The van der Waals surface area contributed by atoms with Crippen molar-refractivity contribution in [3.63, 3.8) is 0 Å². The lowest BCUT2D eigenvalue weighted by atomic mass is 10.3. The van der Waals surface area contributed by atoms with Crippen LogP contribution in [0, 0.1) is 5.82 Å². The molecule has 0 bridgehead atoms. The summed E-state index contributed by atoms with van der Waals surface area (Å²) in [5.41, 5.74) is 0.258. The third-order valence-corrected chi connectivity index (χ3v) is 2.95. The Balaban J connectivity index is 2.34. The number of halogens is 2. The van der Waals surface area contributed by atoms with Gasteiger partial charge in [0.15, 0.2) is 17.4 Å². The van der Waals surface area contributed by atoms with Crippen molar-refractivity contribution in [1.29, 1.82) is 0 Å². The number of rotatable bonds is 3. The second-order valence-electron chi connectivity index (χ2n) is 3.37. The minimum Gasteiger partial charge on any atom is -0.494 e. The fourth-order valence-electron chi connectivity index (χ4n) is 1.34. The molecule has 1 aromatic carbocycles. The van der Waals surface area contributed by atoms with Crippen molar-refractivity contribution in [3.05, 3.63) is 45.2 Å². The van der Waals surface area contributed by atoms with Gasteiger partial charge in [-0.25, -0.2) is 9.37 Å². The first-order valence-corrected chi connectivity index (χ1v) is 5.75. The molecular formula is C11H9BrFN3O2. The summed E-state index contributed by atoms with van der Waals surface area (Å²) in [6.07, 6.45) is 1.27. The third-order valence-electron chi connectivity index (χ3n) is 2.21. The van der Waals surface area contributed by atoms with E-state index >= 15 is 0 Å². The van der Waals surface area contributed by atoms with E-state index in [1.807, 2.05) is 0 Å². The fraction of sp³-hybridized carbons (Fsp3) is 0.0909. The van der Waals surface area contributed by atoms with Gasteiger partial charge >= 0.3 is 0 Å². The number of aromatic amines is 1. The molecule has 0 aliphatic rings. The van der Waals surface area contributed by atoms with Crippen LogP contribution < -0.4 is 15.6 Å². The van der Waals surface area contributed by atoms with Gasteiger partial charge in [0.05, 0.1) is 13.4 Å². The van der Waals surface area contributed by atoms with Crippen molar-refractivity contribution < 1.29 is 9.13 Å². The van der Waals surface area contributed by atoms with E-state index in [1.54, 1.807) is 0 Å². The highest BCUT2D eigenvalue weighted by atomic mass is 79.9. The number of anilines is 2. The number of ether oxygens (including phenoxy) is 1. The van der Waals surface area contributed by atoms with Crippen molar-refractivity contribution in [2.24, 2.45) is 0 Å². The van der Waals surface area contributed by atoms with Gasteiger partial charge in [0.1, 0.15) is 4.47 Å². The summed E-state index contributed by atoms with van der Waals surface area (Å²) < 4.78 is 18.4. The molecule has 2 aromatic rings. The number of nitrogens with one attached hydrogen (secondary N) is 2. The number of H-pyrrole nitrogens is 1. The molecule has 7 heteroatoms. The second-order valence-corrected chi connectivity index (χ2v) is 4.16. The summed E-state index contributed by atoms with van der Waals surface area (Å²) in [6.45, 7) is 0. The highest BCUT2D eigenvalue weighted by Gasteiger charge is 2.08. The molecule has 2 rings (SSSR count). The van der Waals surface area contributed by atoms with Crippen LogP contribution in [0.4, 0.5) is 15.9 Å². The first-order chi connectivity index (χ1) is 8.61. The van der Waals surface area contributed by atoms with Crippen molar-refractivity contribution in [1.82, 2.24) is 9.97 Å². The lowest BCUT2D eigenvalue weighted by molar-refractivity contribution is 0.387. The Labute approximate surface area is 110 Å². The quantitative estimate of drug-likeness (QED) is 0.913. The first-order valence-electron chi connectivity index (χ1n) is 4.95. The maximum absolute atomic E-state index is 13.2. The lowest BCUT2D eigenvalue weighted by Crippen LogP contribution is -2.10. The number of hydrogen-bond acceptors (Lipinski definition) is 4. The minimum absolute atomic E-state index is 0.112. The molecule has 0 saturated heterocycles. The summed E-state index contributed by atoms with van der Waals surface area (Å²) >= 11 is 3.11. The zero-order valence-corrected chi connectivity index (χ0v) is 10.9. The van der Waals surface area contributed by atoms with Crippen molar-refractivity contribution >= 4 is 27.4 Å². The average Bonchev–Trinajstić information content (AvgIpc) is 2.37. The largest absolute Gasteiger partial charge is 0.494 e. The highest BCUT2D eigenvalue weighted by Crippen LogP contribution is 2.25. The van der Waals surface area contributed by atoms with Crippen LogP contribution in [0.25, 0.3) is 0 Å². The highest BCUT2D eigenvalue weighted by molar-refractivity contribution is 9.10. The molecule has 1 heterocycles. The Hall–Kier alpha value is -1.89. The van der Waals surface area contributed by atoms with Gasteiger partial charge < -0.3 is 15.0 Å². The summed E-state index contributed by atoms with van der Waals surface area (Å²) in [6, 6.07) is 4.26. The molecule has 2 N–H and O–H groups in total. The van der Waals surface area contributed by atoms with Crippen molar-refractivity contribution in [2.75, 3.05) is 12.4 Å². The number of aromatic nitrogens is 2. The van der Waals surface area contributed by atoms with Crippen LogP contribution in [0.5, 0.6) is 5.75 Å². The van der Waals surface area contributed by atoms with Crippen molar-refractivity contribution in [3.8, 4) is 5.75 Å². The van der Waals surface area contributed by atoms with Gasteiger partial charge in [0.25, 0.3) is 5.56 Å². The molecule has 18 heavy (non-hydrogen) atoms. The molecule has 0 amide bonds. The lowest BCUT2D eigenvalue weighted by Gasteiger charge is -2.08. The summed E-state index contributed by atoms with van der Waals surface area (Å²) in [5, 5.41) is 2.89. The monoisotopic (exact) mass is 313 g/mol. The van der Waals surface area contributed by atoms with E-state index in [1.165, 1.54) is 31.6 Å². The molecule has 94 valence electrons. The van der Waals surface area contributed by atoms with Gasteiger partial charge in [-0.1, -0.05) is 0 Å². The molecule has 0 saturated carbocycles. The number of hydrogen-bond donors (Lipinski definition) is 2. The summed E-state index contributed by atoms with van der Waals surface area (Å²) in [5.74, 6) is -0.00522. The van der Waals surface area contributed by atoms with Crippen LogP contribution in [0.15, 0.2) is 33.8 Å². The SMILES string of the molecule is COc1cc(Nc2nc[nH]c(=O)c2Br)ccc1F. The first kappa shape index (κ1) is 12.6. The Kier molecular flexibility index (Phi) is 3.61. The Morgan fingerprint density at radius 1 is 1.50 bits per heavy atom. The third kappa shape index (κ3) is 2.51. The fourth-order valence-corrected chi connectivity index (χ4v) is 1.66. The van der Waals surface area contributed by atoms with E-state index in [2.05, 4.69) is 31.2 Å². The average molecular weight is 314 g/mol. The molecule has 0 unspecified atom stereocenters. The van der Waals surface area contributed by atoms with Gasteiger partial charge in [-0.15, -0.1) is 0 Å². The molecule has 0 fully saturated rings. The van der Waals surface area contributed by atoms with E-state index in [0.717, 1.165) is 0 Å². The predicted octanol–water partition coefficient (Wildman–Crippen LogP) is 2.42. The van der Waals surface area contributed by atoms with Gasteiger partial charge in [0, 0.05) is 11.8 Å². The predicted molar refractivity (Wildman–Crippen MR) is 68.8 cm³/mol. The van der Waals surface area contributed by atoms with Crippen LogP contribution in [0.3, 0.4) is 0 Å². The Morgan fingerprint density at radius 2 is 2.28 bits per heavy atom. The molecule has 0 atom stereocenters. The zero-order chi connectivity index (χ0) is 13.1. The van der Waals surface area contributed by atoms with E-state index < -0.39 is 5.82 Å².